The third-order valence-corrected chi connectivity index (χ3v) is 6.14. The minimum absolute atomic E-state index is 0.00306. The molecule has 4 rings (SSSR count). The van der Waals surface area contributed by atoms with Gasteiger partial charge in [-0.15, -0.1) is 11.3 Å². The first-order valence-corrected chi connectivity index (χ1v) is 9.91. The fourth-order valence-corrected chi connectivity index (χ4v) is 4.70. The van der Waals surface area contributed by atoms with E-state index in [9.17, 15) is 14.9 Å². The van der Waals surface area contributed by atoms with E-state index in [0.29, 0.717) is 27.7 Å². The van der Waals surface area contributed by atoms with Crippen LogP contribution in [0.3, 0.4) is 0 Å². The Balaban J connectivity index is 1.82. The SMILES string of the molecule is COCCn1c(=NC(=O)c2nc3ccccc3s2)sc2cc([N+](=O)[O-])ccc21. The van der Waals surface area contributed by atoms with E-state index in [-0.39, 0.29) is 5.69 Å². The van der Waals surface area contributed by atoms with Gasteiger partial charge in [-0.1, -0.05) is 23.5 Å². The number of carbonyl (C=O) groups is 1. The lowest BCUT2D eigenvalue weighted by molar-refractivity contribution is -0.384. The van der Waals surface area contributed by atoms with Crippen LogP contribution in [0.5, 0.6) is 0 Å². The first-order chi connectivity index (χ1) is 13.6. The maximum Gasteiger partial charge on any atom is 0.308 e. The Morgan fingerprint density at radius 2 is 2.07 bits per heavy atom. The van der Waals surface area contributed by atoms with Gasteiger partial charge in [-0.05, 0) is 18.2 Å². The number of nitrogens with zero attached hydrogens (tertiary/aromatic N) is 4. The normalized spacial score (nSPS) is 12.1. The van der Waals surface area contributed by atoms with E-state index in [1.54, 1.807) is 13.2 Å². The molecule has 2 aromatic carbocycles. The fourth-order valence-electron chi connectivity index (χ4n) is 2.76. The van der Waals surface area contributed by atoms with Crippen molar-refractivity contribution in [1.29, 1.82) is 0 Å². The number of nitro groups is 1. The molecule has 0 aliphatic rings. The van der Waals surface area contributed by atoms with Gasteiger partial charge in [0.1, 0.15) is 0 Å². The highest BCUT2D eigenvalue weighted by Gasteiger charge is 2.15. The summed E-state index contributed by atoms with van der Waals surface area (Å²) < 4.78 is 8.58. The molecule has 0 spiro atoms. The van der Waals surface area contributed by atoms with Crippen LogP contribution in [-0.2, 0) is 11.3 Å². The summed E-state index contributed by atoms with van der Waals surface area (Å²) in [5, 5.41) is 11.4. The van der Waals surface area contributed by atoms with Crippen LogP contribution in [0.15, 0.2) is 47.5 Å². The van der Waals surface area contributed by atoms with Crippen LogP contribution in [0, 0.1) is 10.1 Å². The molecule has 0 fully saturated rings. The van der Waals surface area contributed by atoms with Gasteiger partial charge in [-0.3, -0.25) is 14.9 Å². The van der Waals surface area contributed by atoms with Crippen LogP contribution in [0.4, 0.5) is 5.69 Å². The maximum atomic E-state index is 12.7. The summed E-state index contributed by atoms with van der Waals surface area (Å²) in [5.74, 6) is -0.437. The standard InChI is InChI=1S/C18H14N4O4S2/c1-26-9-8-21-13-7-6-11(22(24)25)10-15(13)28-18(21)20-16(23)17-19-12-4-2-3-5-14(12)27-17/h2-7,10H,8-9H2,1H3. The zero-order chi connectivity index (χ0) is 19.7. The van der Waals surface area contributed by atoms with Gasteiger partial charge in [0.05, 0.1) is 32.0 Å². The second-order valence-electron chi connectivity index (χ2n) is 5.84. The molecule has 0 aliphatic heterocycles. The fraction of sp³-hybridized carbons (Fsp3) is 0.167. The molecule has 0 atom stereocenters. The van der Waals surface area contributed by atoms with Crippen molar-refractivity contribution in [1.82, 2.24) is 9.55 Å². The number of aromatic nitrogens is 2. The monoisotopic (exact) mass is 414 g/mol. The van der Waals surface area contributed by atoms with Crippen LogP contribution in [-0.4, -0.2) is 34.1 Å². The molecule has 10 heteroatoms. The highest BCUT2D eigenvalue weighted by Crippen LogP contribution is 2.24. The molecule has 1 amide bonds. The predicted molar refractivity (Wildman–Crippen MR) is 108 cm³/mol. The number of non-ortho nitro benzene ring substituents is 1. The molecule has 0 saturated heterocycles. The zero-order valence-electron chi connectivity index (χ0n) is 14.7. The minimum Gasteiger partial charge on any atom is -0.383 e. The van der Waals surface area contributed by atoms with E-state index in [0.717, 1.165) is 15.7 Å². The van der Waals surface area contributed by atoms with Crippen LogP contribution in [0.1, 0.15) is 9.80 Å². The van der Waals surface area contributed by atoms with Crippen molar-refractivity contribution in [2.75, 3.05) is 13.7 Å². The maximum absolute atomic E-state index is 12.7. The van der Waals surface area contributed by atoms with Crippen molar-refractivity contribution in [3.05, 3.63) is 62.4 Å². The molecule has 2 heterocycles. The number of para-hydroxylation sites is 1. The minimum atomic E-state index is -0.443. The summed E-state index contributed by atoms with van der Waals surface area (Å²) >= 11 is 2.52. The Morgan fingerprint density at radius 3 is 2.82 bits per heavy atom. The number of nitro benzene ring substituents is 1. The Morgan fingerprint density at radius 1 is 1.25 bits per heavy atom. The van der Waals surface area contributed by atoms with Crippen molar-refractivity contribution in [2.24, 2.45) is 4.99 Å². The Bertz CT molecular complexity index is 1240. The van der Waals surface area contributed by atoms with Gasteiger partial charge < -0.3 is 9.30 Å². The van der Waals surface area contributed by atoms with E-state index in [4.69, 9.17) is 4.74 Å². The Labute approximate surface area is 166 Å². The lowest BCUT2D eigenvalue weighted by atomic mass is 10.3. The van der Waals surface area contributed by atoms with Crippen LogP contribution in [0.25, 0.3) is 20.4 Å². The molecule has 0 N–H and O–H groups in total. The largest absolute Gasteiger partial charge is 0.383 e. The molecule has 0 aliphatic carbocycles. The van der Waals surface area contributed by atoms with Crippen molar-refractivity contribution in [2.45, 2.75) is 6.54 Å². The summed E-state index contributed by atoms with van der Waals surface area (Å²) in [6.07, 6.45) is 0. The quantitative estimate of drug-likeness (QED) is 0.367. The molecule has 28 heavy (non-hydrogen) atoms. The Hall–Kier alpha value is -2.95. The summed E-state index contributed by atoms with van der Waals surface area (Å²) in [5.41, 5.74) is 1.52. The number of fused-ring (bicyclic) bond motifs is 2. The predicted octanol–water partition coefficient (Wildman–Crippen LogP) is 3.61. The summed E-state index contributed by atoms with van der Waals surface area (Å²) in [6, 6.07) is 12.1. The molecular weight excluding hydrogens is 400 g/mol. The summed E-state index contributed by atoms with van der Waals surface area (Å²) in [6.45, 7) is 0.894. The van der Waals surface area contributed by atoms with Gasteiger partial charge in [0.25, 0.3) is 5.69 Å². The number of methoxy groups -OCH3 is 1. The third-order valence-electron chi connectivity index (χ3n) is 4.07. The van der Waals surface area contributed by atoms with E-state index in [1.807, 2.05) is 28.8 Å². The first-order valence-electron chi connectivity index (χ1n) is 8.28. The average Bonchev–Trinajstić information content (AvgIpc) is 3.27. The highest BCUT2D eigenvalue weighted by atomic mass is 32.1. The van der Waals surface area contributed by atoms with Crippen molar-refractivity contribution < 1.29 is 14.5 Å². The number of thiazole rings is 2. The van der Waals surface area contributed by atoms with Crippen LogP contribution < -0.4 is 4.80 Å². The van der Waals surface area contributed by atoms with Gasteiger partial charge in [0, 0.05) is 25.8 Å². The van der Waals surface area contributed by atoms with Crippen molar-refractivity contribution >= 4 is 54.7 Å². The molecule has 8 nitrogen and oxygen atoms in total. The number of carbonyl (C=O) groups excluding carboxylic acids is 1. The second-order valence-corrected chi connectivity index (χ2v) is 7.88. The van der Waals surface area contributed by atoms with Crippen molar-refractivity contribution in [3.8, 4) is 0 Å². The van der Waals surface area contributed by atoms with Gasteiger partial charge in [-0.25, -0.2) is 4.98 Å². The van der Waals surface area contributed by atoms with Crippen LogP contribution in [0.2, 0.25) is 0 Å². The Kier molecular flexibility index (Phi) is 4.99. The van der Waals surface area contributed by atoms with Gasteiger partial charge in [0.2, 0.25) is 0 Å². The molecule has 0 unspecified atom stereocenters. The lowest BCUT2D eigenvalue weighted by Gasteiger charge is -2.03. The molecule has 0 radical (unpaired) electrons. The number of benzene rings is 2. The van der Waals surface area contributed by atoms with E-state index in [1.165, 1.54) is 34.8 Å². The third kappa shape index (κ3) is 3.44. The van der Waals surface area contributed by atoms with E-state index >= 15 is 0 Å². The number of hydrogen-bond donors (Lipinski definition) is 0. The number of hydrogen-bond acceptors (Lipinski definition) is 7. The number of rotatable bonds is 5. The highest BCUT2D eigenvalue weighted by molar-refractivity contribution is 7.20. The van der Waals surface area contributed by atoms with Gasteiger partial charge in [0.15, 0.2) is 9.81 Å². The zero-order valence-corrected chi connectivity index (χ0v) is 16.3. The topological polar surface area (TPSA) is 99.6 Å². The first kappa shape index (κ1) is 18.4. The molecule has 4 aromatic rings. The number of ether oxygens (including phenoxy) is 1. The molecule has 0 bridgehead atoms. The molecule has 0 saturated carbocycles. The molecule has 142 valence electrons. The summed E-state index contributed by atoms with van der Waals surface area (Å²) in [7, 11) is 1.59. The molecule has 2 aromatic heterocycles. The van der Waals surface area contributed by atoms with Gasteiger partial charge in [-0.2, -0.15) is 4.99 Å². The van der Waals surface area contributed by atoms with Crippen LogP contribution >= 0.6 is 22.7 Å². The summed E-state index contributed by atoms with van der Waals surface area (Å²) in [4.78, 5) is 32.4. The molecular formula is C18H14N4O4S2. The van der Waals surface area contributed by atoms with E-state index < -0.39 is 10.8 Å². The smallest absolute Gasteiger partial charge is 0.308 e. The lowest BCUT2D eigenvalue weighted by Crippen LogP contribution is -2.19. The van der Waals surface area contributed by atoms with E-state index in [2.05, 4.69) is 9.98 Å². The van der Waals surface area contributed by atoms with Gasteiger partial charge >= 0.3 is 5.91 Å². The average molecular weight is 414 g/mol. The number of amides is 1. The van der Waals surface area contributed by atoms with Crippen molar-refractivity contribution in [3.63, 3.8) is 0 Å². The second kappa shape index (κ2) is 7.58.